The molecule has 6 nitrogen and oxygen atoms in total. The third kappa shape index (κ3) is 4.10. The first-order valence-corrected chi connectivity index (χ1v) is 9.78. The van der Waals surface area contributed by atoms with Gasteiger partial charge in [0.05, 0.1) is 26.5 Å². The molecule has 0 bridgehead atoms. The summed E-state index contributed by atoms with van der Waals surface area (Å²) in [4.78, 5) is 12.6. The molecule has 11 heteroatoms. The van der Waals surface area contributed by atoms with Crippen molar-refractivity contribution in [2.75, 3.05) is 16.4 Å². The molecule has 0 atom stereocenters. The highest BCUT2D eigenvalue weighted by Gasteiger charge is 2.31. The summed E-state index contributed by atoms with van der Waals surface area (Å²) in [6, 6.07) is 8.85. The van der Waals surface area contributed by atoms with Crippen LogP contribution in [0.4, 0.5) is 41.3 Å². The maximum atomic E-state index is 13.0. The number of nitrogens with one attached hydrogen (secondary N) is 2. The van der Waals surface area contributed by atoms with Crippen LogP contribution in [0.25, 0.3) is 10.2 Å². The number of nitrogen functional groups attached to an aromatic ring is 1. The molecule has 4 aromatic rings. The molecule has 2 aromatic heterocycles. The Hall–Kier alpha value is -3.11. The SMILES string of the molecule is Cc1ccc2nc(Nc3ncnc(Nc4cc(C(F)(F)F)ccc4Cl)c3N)sc2c1. The number of rotatable bonds is 4. The molecule has 0 aliphatic rings. The lowest BCUT2D eigenvalue weighted by Crippen LogP contribution is -2.08. The average Bonchev–Trinajstić information content (AvgIpc) is 3.07. The maximum Gasteiger partial charge on any atom is 0.416 e. The van der Waals surface area contributed by atoms with E-state index in [4.69, 9.17) is 17.3 Å². The van der Waals surface area contributed by atoms with Crippen molar-refractivity contribution in [2.24, 2.45) is 0 Å². The van der Waals surface area contributed by atoms with E-state index in [0.717, 1.165) is 34.0 Å². The lowest BCUT2D eigenvalue weighted by atomic mass is 10.2. The first-order valence-electron chi connectivity index (χ1n) is 8.59. The van der Waals surface area contributed by atoms with Crippen LogP contribution in [0.3, 0.4) is 0 Å². The van der Waals surface area contributed by atoms with Crippen LogP contribution in [0, 0.1) is 6.92 Å². The van der Waals surface area contributed by atoms with E-state index in [9.17, 15) is 13.2 Å². The van der Waals surface area contributed by atoms with Crippen molar-refractivity contribution in [1.82, 2.24) is 15.0 Å². The molecule has 0 saturated heterocycles. The quantitative estimate of drug-likeness (QED) is 0.346. The number of fused-ring (bicyclic) bond motifs is 1. The third-order valence-corrected chi connectivity index (χ3v) is 5.46. The molecule has 2 aromatic carbocycles. The Morgan fingerprint density at radius 2 is 1.77 bits per heavy atom. The normalized spacial score (nSPS) is 11.6. The van der Waals surface area contributed by atoms with Crippen LogP contribution in [0.2, 0.25) is 5.02 Å². The summed E-state index contributed by atoms with van der Waals surface area (Å²) >= 11 is 7.47. The second kappa shape index (κ2) is 7.62. The van der Waals surface area contributed by atoms with Gasteiger partial charge in [-0.25, -0.2) is 15.0 Å². The Labute approximate surface area is 177 Å². The van der Waals surface area contributed by atoms with Gasteiger partial charge in [-0.2, -0.15) is 13.2 Å². The predicted octanol–water partition coefficient (Wildman–Crippen LogP) is 6.14. The van der Waals surface area contributed by atoms with Crippen LogP contribution in [-0.2, 0) is 6.18 Å². The van der Waals surface area contributed by atoms with Gasteiger partial charge in [0.1, 0.15) is 12.0 Å². The zero-order valence-corrected chi connectivity index (χ0v) is 17.0. The second-order valence-corrected chi connectivity index (χ2v) is 7.85. The Morgan fingerprint density at radius 3 is 2.50 bits per heavy atom. The molecule has 4 rings (SSSR count). The molecule has 0 radical (unpaired) electrons. The number of aryl methyl sites for hydroxylation is 1. The number of hydrogen-bond acceptors (Lipinski definition) is 7. The number of nitrogens with zero attached hydrogens (tertiary/aromatic N) is 3. The maximum absolute atomic E-state index is 13.0. The molecule has 4 N–H and O–H groups in total. The van der Waals surface area contributed by atoms with Crippen molar-refractivity contribution in [2.45, 2.75) is 13.1 Å². The fraction of sp³-hybridized carbons (Fsp3) is 0.105. The molecule has 0 fully saturated rings. The summed E-state index contributed by atoms with van der Waals surface area (Å²) in [5.41, 5.74) is 7.37. The predicted molar refractivity (Wildman–Crippen MR) is 114 cm³/mol. The number of aromatic nitrogens is 3. The molecule has 0 aliphatic carbocycles. The summed E-state index contributed by atoms with van der Waals surface area (Å²) in [7, 11) is 0. The minimum absolute atomic E-state index is 0.0262. The van der Waals surface area contributed by atoms with Gasteiger partial charge in [-0.15, -0.1) is 0 Å². The van der Waals surface area contributed by atoms with Gasteiger partial charge in [-0.05, 0) is 42.8 Å². The van der Waals surface area contributed by atoms with Crippen LogP contribution < -0.4 is 16.4 Å². The van der Waals surface area contributed by atoms with Gasteiger partial charge in [-0.1, -0.05) is 29.0 Å². The smallest absolute Gasteiger partial charge is 0.393 e. The van der Waals surface area contributed by atoms with E-state index in [0.29, 0.717) is 5.13 Å². The fourth-order valence-corrected chi connectivity index (χ4v) is 3.83. The first-order chi connectivity index (χ1) is 14.2. The summed E-state index contributed by atoms with van der Waals surface area (Å²) in [6.45, 7) is 1.99. The third-order valence-electron chi connectivity index (χ3n) is 4.20. The zero-order valence-electron chi connectivity index (χ0n) is 15.4. The summed E-state index contributed by atoms with van der Waals surface area (Å²) < 4.78 is 40.0. The molecule has 30 heavy (non-hydrogen) atoms. The number of nitrogens with two attached hydrogens (primary N) is 1. The molecule has 0 unspecified atom stereocenters. The van der Waals surface area contributed by atoms with E-state index in [-0.39, 0.29) is 28.0 Å². The van der Waals surface area contributed by atoms with Gasteiger partial charge in [-0.3, -0.25) is 0 Å². The highest BCUT2D eigenvalue weighted by Crippen LogP contribution is 2.37. The molecule has 154 valence electrons. The number of anilines is 5. The Balaban J connectivity index is 1.63. The van der Waals surface area contributed by atoms with Crippen molar-refractivity contribution in [1.29, 1.82) is 0 Å². The number of thiazole rings is 1. The van der Waals surface area contributed by atoms with Crippen LogP contribution in [0.5, 0.6) is 0 Å². The standard InChI is InChI=1S/C19H14ClF3N6S/c1-9-2-5-12-14(6-9)30-18(28-12)29-17-15(24)16(25-8-26-17)27-13-7-10(19(21,22)23)3-4-11(13)20/h2-8H,24H2,1H3,(H2,25,26,27,28,29). The van der Waals surface area contributed by atoms with Gasteiger partial charge in [0.25, 0.3) is 0 Å². The largest absolute Gasteiger partial charge is 0.416 e. The summed E-state index contributed by atoms with van der Waals surface area (Å²) in [6.07, 6.45) is -3.27. The number of alkyl halides is 3. The number of halogens is 4. The molecule has 2 heterocycles. The van der Waals surface area contributed by atoms with E-state index in [1.165, 1.54) is 17.7 Å². The van der Waals surface area contributed by atoms with Crippen molar-refractivity contribution in [3.8, 4) is 0 Å². The van der Waals surface area contributed by atoms with Gasteiger partial charge in [0.2, 0.25) is 0 Å². The molecule has 0 saturated carbocycles. The van der Waals surface area contributed by atoms with Crippen molar-refractivity contribution < 1.29 is 13.2 Å². The monoisotopic (exact) mass is 450 g/mol. The molecular weight excluding hydrogens is 437 g/mol. The minimum atomic E-state index is -4.50. The highest BCUT2D eigenvalue weighted by atomic mass is 35.5. The second-order valence-electron chi connectivity index (χ2n) is 6.42. The molecule has 0 aliphatic heterocycles. The average molecular weight is 451 g/mol. The van der Waals surface area contributed by atoms with Crippen LogP contribution >= 0.6 is 22.9 Å². The van der Waals surface area contributed by atoms with Crippen LogP contribution in [0.1, 0.15) is 11.1 Å². The van der Waals surface area contributed by atoms with E-state index >= 15 is 0 Å². The lowest BCUT2D eigenvalue weighted by Gasteiger charge is -2.14. The number of benzene rings is 2. The van der Waals surface area contributed by atoms with E-state index in [1.54, 1.807) is 0 Å². The Bertz CT molecular complexity index is 1240. The minimum Gasteiger partial charge on any atom is -0.393 e. The lowest BCUT2D eigenvalue weighted by molar-refractivity contribution is -0.137. The summed E-state index contributed by atoms with van der Waals surface area (Å²) in [5.74, 6) is 0.386. The Kier molecular flexibility index (Phi) is 5.12. The molecule has 0 amide bonds. The van der Waals surface area contributed by atoms with Crippen molar-refractivity contribution >= 4 is 61.3 Å². The van der Waals surface area contributed by atoms with E-state index < -0.39 is 11.7 Å². The molecule has 0 spiro atoms. The van der Waals surface area contributed by atoms with Gasteiger partial charge < -0.3 is 16.4 Å². The fourth-order valence-electron chi connectivity index (χ4n) is 2.71. The van der Waals surface area contributed by atoms with Gasteiger partial charge in [0.15, 0.2) is 16.8 Å². The highest BCUT2D eigenvalue weighted by molar-refractivity contribution is 7.22. The topological polar surface area (TPSA) is 88.8 Å². The Morgan fingerprint density at radius 1 is 1.03 bits per heavy atom. The van der Waals surface area contributed by atoms with E-state index in [1.807, 2.05) is 25.1 Å². The van der Waals surface area contributed by atoms with Crippen molar-refractivity contribution in [3.05, 3.63) is 58.9 Å². The first kappa shape index (κ1) is 20.2. The van der Waals surface area contributed by atoms with Crippen LogP contribution in [0.15, 0.2) is 42.7 Å². The molecular formula is C19H14ClF3N6S. The van der Waals surface area contributed by atoms with Crippen molar-refractivity contribution in [3.63, 3.8) is 0 Å². The van der Waals surface area contributed by atoms with Gasteiger partial charge >= 0.3 is 6.18 Å². The zero-order chi connectivity index (χ0) is 21.5. The summed E-state index contributed by atoms with van der Waals surface area (Å²) in [5, 5.41) is 6.45. The van der Waals surface area contributed by atoms with Gasteiger partial charge in [0, 0.05) is 0 Å². The van der Waals surface area contributed by atoms with E-state index in [2.05, 4.69) is 25.6 Å². The van der Waals surface area contributed by atoms with Crippen LogP contribution in [-0.4, -0.2) is 15.0 Å². The number of hydrogen-bond donors (Lipinski definition) is 3.